The van der Waals surface area contributed by atoms with E-state index >= 15 is 0 Å². The highest BCUT2D eigenvalue weighted by molar-refractivity contribution is 5.92. The molecule has 1 saturated carbocycles. The Balaban J connectivity index is 0.000000360. The summed E-state index contributed by atoms with van der Waals surface area (Å²) in [5.41, 5.74) is 0.348. The van der Waals surface area contributed by atoms with Crippen molar-refractivity contribution in [2.24, 2.45) is 5.92 Å². The number of carboxylic acids is 1. The predicted octanol–water partition coefficient (Wildman–Crippen LogP) is 3.13. The van der Waals surface area contributed by atoms with Crippen molar-refractivity contribution in [1.29, 1.82) is 0 Å². The number of ether oxygens (including phenoxy) is 2. The van der Waals surface area contributed by atoms with Crippen molar-refractivity contribution < 1.29 is 37.3 Å². The summed E-state index contributed by atoms with van der Waals surface area (Å²) in [6.45, 7) is 2.44. The zero-order valence-corrected chi connectivity index (χ0v) is 17.2. The van der Waals surface area contributed by atoms with Gasteiger partial charge in [0.25, 0.3) is 5.91 Å². The Morgan fingerprint density at radius 1 is 1.34 bits per heavy atom. The molecule has 1 aliphatic carbocycles. The number of alkyl halides is 3. The lowest BCUT2D eigenvalue weighted by molar-refractivity contribution is -0.192. The van der Waals surface area contributed by atoms with Gasteiger partial charge in [-0.05, 0) is 43.5 Å². The van der Waals surface area contributed by atoms with Gasteiger partial charge in [-0.25, -0.2) is 4.79 Å². The molecule has 2 aliphatic rings. The molecule has 0 bridgehead atoms. The van der Waals surface area contributed by atoms with E-state index in [2.05, 4.69) is 9.97 Å². The van der Waals surface area contributed by atoms with Gasteiger partial charge in [-0.2, -0.15) is 13.2 Å². The lowest BCUT2D eigenvalue weighted by Crippen LogP contribution is -2.56. The number of hydrogen-bond donors (Lipinski definition) is 2. The standard InChI is InChI=1S/C19H23N3O3.C2HF3O2/c23-18(17-6-3-9-21-17)22-10-11-25-19(14-22)7-1-4-15(19)13-24-16-5-2-8-20-12-16;3-2(4,5)1(6)7/h2-3,5-6,8-9,12,15,21H,1,4,7,10-11,13-14H2;(H,6,7)/t15-,19+;/m0./s1. The fraction of sp³-hybridized carbons (Fsp3) is 0.476. The minimum atomic E-state index is -5.08. The maximum absolute atomic E-state index is 12.7. The monoisotopic (exact) mass is 455 g/mol. The van der Waals surface area contributed by atoms with Crippen LogP contribution in [-0.4, -0.2) is 69.9 Å². The maximum atomic E-state index is 12.7. The number of nitrogens with zero attached hydrogens (tertiary/aromatic N) is 2. The van der Waals surface area contributed by atoms with E-state index in [1.807, 2.05) is 29.2 Å². The number of aromatic amines is 1. The van der Waals surface area contributed by atoms with Crippen molar-refractivity contribution >= 4 is 11.9 Å². The van der Waals surface area contributed by atoms with Gasteiger partial charge in [0.2, 0.25) is 0 Å². The molecule has 1 spiro atoms. The van der Waals surface area contributed by atoms with E-state index in [1.54, 1.807) is 18.6 Å². The molecule has 174 valence electrons. The highest BCUT2D eigenvalue weighted by Crippen LogP contribution is 2.41. The van der Waals surface area contributed by atoms with Crippen LogP contribution in [0.4, 0.5) is 13.2 Å². The lowest BCUT2D eigenvalue weighted by atomic mass is 9.89. The third-order valence-electron chi connectivity index (χ3n) is 5.55. The van der Waals surface area contributed by atoms with Crippen molar-refractivity contribution in [3.8, 4) is 5.75 Å². The van der Waals surface area contributed by atoms with Crippen LogP contribution >= 0.6 is 0 Å². The second-order valence-corrected chi connectivity index (χ2v) is 7.62. The Morgan fingerprint density at radius 2 is 2.12 bits per heavy atom. The SMILES string of the molecule is O=C(O)C(F)(F)F.O=C(c1ccc[nH]1)N1CCO[C@]2(CCC[C@H]2COc2cccnc2)C1. The molecule has 1 saturated heterocycles. The number of H-pyrrole nitrogens is 1. The molecule has 0 aromatic carbocycles. The van der Waals surface area contributed by atoms with Gasteiger partial charge in [0.05, 0.1) is 31.6 Å². The number of carboxylic acid groups (broad SMARTS) is 1. The van der Waals surface area contributed by atoms with Crippen molar-refractivity contribution in [2.45, 2.75) is 31.0 Å². The number of pyridine rings is 1. The Morgan fingerprint density at radius 3 is 2.75 bits per heavy atom. The molecule has 0 radical (unpaired) electrons. The Labute approximate surface area is 182 Å². The molecule has 4 rings (SSSR count). The number of nitrogens with one attached hydrogen (secondary N) is 1. The minimum Gasteiger partial charge on any atom is -0.492 e. The quantitative estimate of drug-likeness (QED) is 0.734. The average Bonchev–Trinajstić information content (AvgIpc) is 3.43. The number of morpholine rings is 1. The summed E-state index contributed by atoms with van der Waals surface area (Å²) in [5, 5.41) is 7.12. The second kappa shape index (κ2) is 10.0. The molecule has 0 unspecified atom stereocenters. The fourth-order valence-corrected chi connectivity index (χ4v) is 3.99. The molecule has 32 heavy (non-hydrogen) atoms. The molecule has 1 amide bonds. The zero-order chi connectivity index (χ0) is 23.2. The summed E-state index contributed by atoms with van der Waals surface area (Å²) in [6, 6.07) is 7.46. The third-order valence-corrected chi connectivity index (χ3v) is 5.55. The molecule has 2 aromatic heterocycles. The smallest absolute Gasteiger partial charge is 0.490 e. The van der Waals surface area contributed by atoms with E-state index < -0.39 is 12.1 Å². The van der Waals surface area contributed by atoms with Crippen LogP contribution < -0.4 is 4.74 Å². The highest BCUT2D eigenvalue weighted by Gasteiger charge is 2.48. The molecule has 2 aromatic rings. The number of aromatic nitrogens is 2. The van der Waals surface area contributed by atoms with E-state index in [9.17, 15) is 18.0 Å². The van der Waals surface area contributed by atoms with E-state index in [-0.39, 0.29) is 17.4 Å². The highest BCUT2D eigenvalue weighted by atomic mass is 19.4. The maximum Gasteiger partial charge on any atom is 0.490 e. The molecular formula is C21H24F3N3O5. The summed E-state index contributed by atoms with van der Waals surface area (Å²) in [6.07, 6.45) is 3.30. The fourth-order valence-electron chi connectivity index (χ4n) is 3.99. The molecule has 3 heterocycles. The van der Waals surface area contributed by atoms with E-state index in [4.69, 9.17) is 19.4 Å². The van der Waals surface area contributed by atoms with Gasteiger partial charge in [-0.1, -0.05) is 0 Å². The molecule has 2 fully saturated rings. The largest absolute Gasteiger partial charge is 0.492 e. The first kappa shape index (κ1) is 23.6. The number of amides is 1. The van der Waals surface area contributed by atoms with Gasteiger partial charge in [0.1, 0.15) is 11.4 Å². The van der Waals surface area contributed by atoms with Crippen LogP contribution in [0.15, 0.2) is 42.9 Å². The van der Waals surface area contributed by atoms with Crippen LogP contribution in [-0.2, 0) is 9.53 Å². The van der Waals surface area contributed by atoms with Crippen LogP contribution in [0.5, 0.6) is 5.75 Å². The van der Waals surface area contributed by atoms with Gasteiger partial charge >= 0.3 is 12.1 Å². The summed E-state index contributed by atoms with van der Waals surface area (Å²) in [5.74, 6) is -1.65. The number of rotatable bonds is 4. The first-order valence-corrected chi connectivity index (χ1v) is 10.1. The van der Waals surface area contributed by atoms with Crippen LogP contribution in [0.3, 0.4) is 0 Å². The lowest BCUT2D eigenvalue weighted by Gasteiger charge is -2.43. The van der Waals surface area contributed by atoms with E-state index in [0.717, 1.165) is 25.0 Å². The first-order chi connectivity index (χ1) is 15.2. The molecular weight excluding hydrogens is 431 g/mol. The molecule has 2 atom stereocenters. The predicted molar refractivity (Wildman–Crippen MR) is 106 cm³/mol. The summed E-state index contributed by atoms with van der Waals surface area (Å²) in [4.78, 5) is 30.6. The Hall–Kier alpha value is -3.08. The number of hydrogen-bond acceptors (Lipinski definition) is 5. The van der Waals surface area contributed by atoms with Gasteiger partial charge in [0, 0.05) is 24.9 Å². The Kier molecular flexibility index (Phi) is 7.39. The topological polar surface area (TPSA) is 105 Å². The number of carbonyl (C=O) groups is 2. The molecule has 1 aliphatic heterocycles. The van der Waals surface area contributed by atoms with Crippen molar-refractivity contribution in [1.82, 2.24) is 14.9 Å². The summed E-state index contributed by atoms with van der Waals surface area (Å²) in [7, 11) is 0. The van der Waals surface area contributed by atoms with Gasteiger partial charge in [-0.3, -0.25) is 9.78 Å². The zero-order valence-electron chi connectivity index (χ0n) is 17.2. The third kappa shape index (κ3) is 5.78. The van der Waals surface area contributed by atoms with Crippen LogP contribution in [0.25, 0.3) is 0 Å². The second-order valence-electron chi connectivity index (χ2n) is 7.62. The van der Waals surface area contributed by atoms with Gasteiger partial charge in [-0.15, -0.1) is 0 Å². The molecule has 8 nitrogen and oxygen atoms in total. The van der Waals surface area contributed by atoms with Crippen LogP contribution in [0, 0.1) is 5.92 Å². The van der Waals surface area contributed by atoms with Crippen LogP contribution in [0.2, 0.25) is 0 Å². The van der Waals surface area contributed by atoms with Crippen LogP contribution in [0.1, 0.15) is 29.8 Å². The Bertz CT molecular complexity index is 892. The van der Waals surface area contributed by atoms with E-state index in [1.165, 1.54) is 0 Å². The number of carbonyl (C=O) groups excluding carboxylic acids is 1. The minimum absolute atomic E-state index is 0.0477. The average molecular weight is 455 g/mol. The summed E-state index contributed by atoms with van der Waals surface area (Å²) < 4.78 is 43.9. The first-order valence-electron chi connectivity index (χ1n) is 10.1. The number of aliphatic carboxylic acids is 1. The van der Waals surface area contributed by atoms with Gasteiger partial charge < -0.3 is 24.5 Å². The van der Waals surface area contributed by atoms with Gasteiger partial charge in [0.15, 0.2) is 0 Å². The normalized spacial score (nSPS) is 22.8. The van der Waals surface area contributed by atoms with Crippen molar-refractivity contribution in [3.05, 3.63) is 48.5 Å². The van der Waals surface area contributed by atoms with E-state index in [0.29, 0.717) is 32.0 Å². The number of halogens is 3. The summed E-state index contributed by atoms with van der Waals surface area (Å²) >= 11 is 0. The molecule has 11 heteroatoms. The van der Waals surface area contributed by atoms with Crippen molar-refractivity contribution in [3.63, 3.8) is 0 Å². The van der Waals surface area contributed by atoms with Crippen molar-refractivity contribution in [2.75, 3.05) is 26.3 Å². The molecule has 2 N–H and O–H groups in total.